The van der Waals surface area contributed by atoms with Gasteiger partial charge < -0.3 is 14.8 Å². The molecule has 1 fully saturated rings. The molecule has 9 nitrogen and oxygen atoms in total. The number of nitrogens with zero attached hydrogens (tertiary/aromatic N) is 4. The lowest BCUT2D eigenvalue weighted by Gasteiger charge is -2.39. The van der Waals surface area contributed by atoms with E-state index >= 15 is 0 Å². The molecule has 2 N–H and O–H groups in total. The minimum Gasteiger partial charge on any atom is -0.337 e. The zero-order valence-corrected chi connectivity index (χ0v) is 21.4. The Morgan fingerprint density at radius 3 is 2.56 bits per heavy atom. The van der Waals surface area contributed by atoms with Gasteiger partial charge in [-0.05, 0) is 55.2 Å². The van der Waals surface area contributed by atoms with Crippen LogP contribution in [0.2, 0.25) is 0 Å². The lowest BCUT2D eigenvalue weighted by atomic mass is 9.74. The second-order valence-electron chi connectivity index (χ2n) is 10.5. The van der Waals surface area contributed by atoms with Crippen molar-refractivity contribution in [3.8, 4) is 0 Å². The predicted octanol–water partition coefficient (Wildman–Crippen LogP) is 3.94. The van der Waals surface area contributed by atoms with Crippen LogP contribution in [0.15, 0.2) is 71.5 Å². The van der Waals surface area contributed by atoms with Crippen LogP contribution in [0.3, 0.4) is 0 Å². The van der Waals surface area contributed by atoms with Crippen molar-refractivity contribution in [2.24, 2.45) is 0 Å². The number of fused-ring (bicyclic) bond motifs is 4. The molecular formula is C30H26N6O3. The number of rotatable bonds is 2. The quantitative estimate of drug-likeness (QED) is 0.367. The van der Waals surface area contributed by atoms with Crippen molar-refractivity contribution in [2.75, 3.05) is 24.5 Å². The van der Waals surface area contributed by atoms with E-state index in [0.29, 0.717) is 36.7 Å². The number of anilines is 1. The zero-order valence-electron chi connectivity index (χ0n) is 21.4. The molecule has 7 rings (SSSR count). The number of piperidine rings is 1. The average Bonchev–Trinajstić information content (AvgIpc) is 3.53. The molecule has 0 radical (unpaired) electrons. The molecule has 2 aliphatic rings. The second kappa shape index (κ2) is 8.62. The van der Waals surface area contributed by atoms with E-state index in [-0.39, 0.29) is 22.8 Å². The fourth-order valence-corrected chi connectivity index (χ4v) is 6.17. The maximum Gasteiger partial charge on any atom is 0.276 e. The number of likely N-dealkylation sites (tertiary alicyclic amines) is 1. The molecule has 39 heavy (non-hydrogen) atoms. The van der Waals surface area contributed by atoms with Gasteiger partial charge in [0.25, 0.3) is 11.8 Å². The highest BCUT2D eigenvalue weighted by Gasteiger charge is 2.47. The molecule has 2 aliphatic heterocycles. The molecule has 2 amide bonds. The minimum atomic E-state index is -0.253. The first kappa shape index (κ1) is 23.3. The van der Waals surface area contributed by atoms with E-state index in [0.717, 1.165) is 45.9 Å². The van der Waals surface area contributed by atoms with Gasteiger partial charge in [0.1, 0.15) is 17.0 Å². The lowest BCUT2D eigenvalue weighted by Crippen LogP contribution is -2.48. The number of aromatic nitrogens is 4. The standard InChI is InChI=1S/C30H26N6O3/c1-18-5-4-6-20-25(18)33-34-26(20)29(39)36-17-30(21-7-2-3-8-23(21)36)13-15-35(16-14-30)28(38)22-11-9-19-10-12-24(37)32-27(19)31-22/h2-12H,13-17H2,1H3,(H,33,34)(H,31,32,37). The van der Waals surface area contributed by atoms with Crippen LogP contribution < -0.4 is 10.5 Å². The SMILES string of the molecule is Cc1cccc2c(C(=O)N3CC4(CCN(C(=O)c5ccc6ccc(=O)[nH]c6n5)CC4)c4ccccc43)[nH]nc12. The van der Waals surface area contributed by atoms with Gasteiger partial charge in [0.2, 0.25) is 5.56 Å². The molecule has 1 saturated heterocycles. The van der Waals surface area contributed by atoms with Crippen molar-refractivity contribution >= 4 is 39.4 Å². The number of aryl methyl sites for hydroxylation is 1. The molecule has 0 atom stereocenters. The molecule has 1 spiro atoms. The second-order valence-corrected chi connectivity index (χ2v) is 10.5. The van der Waals surface area contributed by atoms with E-state index in [1.165, 1.54) is 6.07 Å². The Hall–Kier alpha value is -4.79. The minimum absolute atomic E-state index is 0.0970. The molecule has 0 saturated carbocycles. The van der Waals surface area contributed by atoms with Crippen LogP contribution in [-0.2, 0) is 5.41 Å². The van der Waals surface area contributed by atoms with Gasteiger partial charge in [-0.1, -0.05) is 36.4 Å². The Bertz CT molecular complexity index is 1850. The molecule has 194 valence electrons. The van der Waals surface area contributed by atoms with Gasteiger partial charge in [-0.15, -0.1) is 0 Å². The van der Waals surface area contributed by atoms with Gasteiger partial charge in [0.15, 0.2) is 0 Å². The molecule has 2 aromatic carbocycles. The van der Waals surface area contributed by atoms with E-state index in [2.05, 4.69) is 26.2 Å². The van der Waals surface area contributed by atoms with Crippen LogP contribution in [0.5, 0.6) is 0 Å². The number of hydrogen-bond acceptors (Lipinski definition) is 5. The summed E-state index contributed by atoms with van der Waals surface area (Å²) in [5.41, 5.74) is 4.60. The van der Waals surface area contributed by atoms with Crippen molar-refractivity contribution in [1.82, 2.24) is 25.1 Å². The van der Waals surface area contributed by atoms with Gasteiger partial charge in [0, 0.05) is 47.6 Å². The summed E-state index contributed by atoms with van der Waals surface area (Å²) in [6.45, 7) is 3.63. The van der Waals surface area contributed by atoms with Crippen molar-refractivity contribution < 1.29 is 9.59 Å². The summed E-state index contributed by atoms with van der Waals surface area (Å²) in [6, 6.07) is 20.6. The third-order valence-electron chi connectivity index (χ3n) is 8.28. The molecule has 0 aliphatic carbocycles. The summed E-state index contributed by atoms with van der Waals surface area (Å²) >= 11 is 0. The Morgan fingerprint density at radius 1 is 0.923 bits per heavy atom. The number of pyridine rings is 2. The van der Waals surface area contributed by atoms with E-state index in [1.807, 2.05) is 53.1 Å². The highest BCUT2D eigenvalue weighted by Crippen LogP contribution is 2.47. The smallest absolute Gasteiger partial charge is 0.276 e. The first-order chi connectivity index (χ1) is 18.9. The van der Waals surface area contributed by atoms with Gasteiger partial charge in [0.05, 0.1) is 5.52 Å². The molecule has 3 aromatic heterocycles. The summed E-state index contributed by atoms with van der Waals surface area (Å²) < 4.78 is 0. The molecule has 0 unspecified atom stereocenters. The number of nitrogens with one attached hydrogen (secondary N) is 2. The number of para-hydroxylation sites is 2. The number of carbonyl (C=O) groups is 2. The van der Waals surface area contributed by atoms with Gasteiger partial charge in [-0.3, -0.25) is 19.5 Å². The maximum absolute atomic E-state index is 13.9. The van der Waals surface area contributed by atoms with Crippen LogP contribution in [0, 0.1) is 6.92 Å². The fraction of sp³-hybridized carbons (Fsp3) is 0.233. The monoisotopic (exact) mass is 518 g/mol. The molecular weight excluding hydrogens is 492 g/mol. The summed E-state index contributed by atoms with van der Waals surface area (Å²) in [5, 5.41) is 8.99. The predicted molar refractivity (Wildman–Crippen MR) is 148 cm³/mol. The zero-order chi connectivity index (χ0) is 26.7. The Balaban J connectivity index is 1.15. The van der Waals surface area contributed by atoms with Gasteiger partial charge in [-0.25, -0.2) is 4.98 Å². The molecule has 5 aromatic rings. The third-order valence-corrected chi connectivity index (χ3v) is 8.28. The average molecular weight is 519 g/mol. The highest BCUT2D eigenvalue weighted by atomic mass is 16.2. The van der Waals surface area contributed by atoms with E-state index in [4.69, 9.17) is 0 Å². The Labute approximate surface area is 223 Å². The topological polar surface area (TPSA) is 115 Å². The van der Waals surface area contributed by atoms with Crippen LogP contribution in [0.25, 0.3) is 21.9 Å². The first-order valence-corrected chi connectivity index (χ1v) is 13.1. The number of benzene rings is 2. The van der Waals surface area contributed by atoms with Crippen LogP contribution >= 0.6 is 0 Å². The van der Waals surface area contributed by atoms with E-state index < -0.39 is 0 Å². The summed E-state index contributed by atoms with van der Waals surface area (Å²) in [6.07, 6.45) is 1.46. The molecule has 0 bridgehead atoms. The van der Waals surface area contributed by atoms with Crippen molar-refractivity contribution in [3.05, 3.63) is 99.6 Å². The van der Waals surface area contributed by atoms with Crippen molar-refractivity contribution in [1.29, 1.82) is 0 Å². The number of H-pyrrole nitrogens is 2. The highest BCUT2D eigenvalue weighted by molar-refractivity contribution is 6.13. The van der Waals surface area contributed by atoms with Crippen LogP contribution in [0.1, 0.15) is 44.9 Å². The summed E-state index contributed by atoms with van der Waals surface area (Å²) in [4.78, 5) is 49.7. The lowest BCUT2D eigenvalue weighted by molar-refractivity contribution is 0.0665. The van der Waals surface area contributed by atoms with E-state index in [9.17, 15) is 14.4 Å². The van der Waals surface area contributed by atoms with Gasteiger partial charge in [-0.2, -0.15) is 5.10 Å². The normalized spacial score (nSPS) is 16.2. The number of carbonyl (C=O) groups excluding carboxylic acids is 2. The first-order valence-electron chi connectivity index (χ1n) is 13.1. The van der Waals surface area contributed by atoms with Crippen molar-refractivity contribution in [3.63, 3.8) is 0 Å². The Morgan fingerprint density at radius 2 is 1.72 bits per heavy atom. The largest absolute Gasteiger partial charge is 0.337 e. The Kier molecular flexibility index (Phi) is 5.16. The fourth-order valence-electron chi connectivity index (χ4n) is 6.17. The van der Waals surface area contributed by atoms with Crippen molar-refractivity contribution in [2.45, 2.75) is 25.2 Å². The van der Waals surface area contributed by atoms with Crippen LogP contribution in [-0.4, -0.2) is 56.5 Å². The molecule has 9 heteroatoms. The number of aromatic amines is 2. The van der Waals surface area contributed by atoms with Crippen LogP contribution in [0.4, 0.5) is 5.69 Å². The number of amides is 2. The summed E-state index contributed by atoms with van der Waals surface area (Å²) in [7, 11) is 0. The third kappa shape index (κ3) is 3.64. The van der Waals surface area contributed by atoms with Gasteiger partial charge >= 0.3 is 0 Å². The van der Waals surface area contributed by atoms with E-state index in [1.54, 1.807) is 18.2 Å². The summed E-state index contributed by atoms with van der Waals surface area (Å²) in [5.74, 6) is -0.254. The maximum atomic E-state index is 13.9. The molecule has 5 heterocycles. The number of hydrogen-bond donors (Lipinski definition) is 2.